The van der Waals surface area contributed by atoms with Gasteiger partial charge >= 0.3 is 0 Å². The monoisotopic (exact) mass is 273 g/mol. The fourth-order valence-electron chi connectivity index (χ4n) is 2.36. The molecular weight excluding hydrogens is 256 g/mol. The predicted octanol–water partition coefficient (Wildman–Crippen LogP) is 2.74. The number of rotatable bonds is 5. The Morgan fingerprint density at radius 1 is 1.28 bits per heavy atom. The van der Waals surface area contributed by atoms with Crippen LogP contribution in [0.3, 0.4) is 0 Å². The van der Waals surface area contributed by atoms with Crippen LogP contribution in [0.15, 0.2) is 0 Å². The molecule has 0 aromatic carbocycles. The summed E-state index contributed by atoms with van der Waals surface area (Å²) >= 11 is 1.51. The van der Waals surface area contributed by atoms with E-state index in [1.54, 1.807) is 0 Å². The van der Waals surface area contributed by atoms with Crippen molar-refractivity contribution >= 4 is 11.3 Å². The second-order valence-corrected chi connectivity index (χ2v) is 6.40. The van der Waals surface area contributed by atoms with Crippen molar-refractivity contribution in [1.29, 1.82) is 0 Å². The van der Waals surface area contributed by atoms with Crippen molar-refractivity contribution in [2.75, 3.05) is 6.54 Å². The highest BCUT2D eigenvalue weighted by Gasteiger charge is 2.41. The van der Waals surface area contributed by atoms with Gasteiger partial charge in [-0.2, -0.15) is 0 Å². The first kappa shape index (κ1) is 12.4. The lowest BCUT2D eigenvalue weighted by Gasteiger charge is -2.06. The Morgan fingerprint density at radius 3 is 2.78 bits per heavy atom. The van der Waals surface area contributed by atoms with Gasteiger partial charge in [-0.3, -0.25) is 0 Å². The van der Waals surface area contributed by atoms with Crippen molar-refractivity contribution in [2.24, 2.45) is 0 Å². The highest BCUT2D eigenvalue weighted by molar-refractivity contribution is 7.11. The van der Waals surface area contributed by atoms with E-state index in [2.05, 4.69) is 15.5 Å². The molecule has 1 aromatic heterocycles. The molecule has 2 aliphatic carbocycles. The van der Waals surface area contributed by atoms with Gasteiger partial charge in [0.15, 0.2) is 0 Å². The molecular formula is C12H17F2N3S. The first-order valence-electron chi connectivity index (χ1n) is 6.56. The Balaban J connectivity index is 1.52. The third kappa shape index (κ3) is 3.03. The molecule has 1 unspecified atom stereocenters. The Labute approximate surface area is 109 Å². The summed E-state index contributed by atoms with van der Waals surface area (Å²) in [5, 5.41) is 13.4. The molecule has 6 heteroatoms. The number of nitrogens with one attached hydrogen (secondary N) is 1. The average Bonchev–Trinajstić information content (AvgIpc) is 2.88. The van der Waals surface area contributed by atoms with Crippen LogP contribution < -0.4 is 5.32 Å². The smallest absolute Gasteiger partial charge is 0.248 e. The maximum atomic E-state index is 13.1. The van der Waals surface area contributed by atoms with Gasteiger partial charge in [-0.1, -0.05) is 0 Å². The summed E-state index contributed by atoms with van der Waals surface area (Å²) in [5.41, 5.74) is 0. The van der Waals surface area contributed by atoms with Crippen LogP contribution in [-0.4, -0.2) is 28.7 Å². The van der Waals surface area contributed by atoms with Crippen LogP contribution in [-0.2, 0) is 6.42 Å². The first-order chi connectivity index (χ1) is 8.62. The third-order valence-electron chi connectivity index (χ3n) is 3.58. The van der Waals surface area contributed by atoms with Gasteiger partial charge in [0.1, 0.15) is 10.0 Å². The summed E-state index contributed by atoms with van der Waals surface area (Å²) in [6.45, 7) is 0.917. The van der Waals surface area contributed by atoms with Crippen LogP contribution >= 0.6 is 11.3 Å². The van der Waals surface area contributed by atoms with E-state index in [0.29, 0.717) is 12.5 Å². The lowest BCUT2D eigenvalue weighted by Crippen LogP contribution is -2.19. The number of aromatic nitrogens is 2. The molecule has 18 heavy (non-hydrogen) atoms. The maximum absolute atomic E-state index is 13.1. The summed E-state index contributed by atoms with van der Waals surface area (Å²) in [6.07, 6.45) is 3.90. The minimum Gasteiger partial charge on any atom is -0.314 e. The van der Waals surface area contributed by atoms with Crippen molar-refractivity contribution in [1.82, 2.24) is 15.5 Å². The van der Waals surface area contributed by atoms with Crippen LogP contribution in [0.1, 0.15) is 48.0 Å². The molecule has 3 rings (SSSR count). The second-order valence-electron chi connectivity index (χ2n) is 5.31. The first-order valence-corrected chi connectivity index (χ1v) is 7.37. The van der Waals surface area contributed by atoms with E-state index in [0.717, 1.165) is 23.0 Å². The molecule has 1 N–H and O–H groups in total. The number of nitrogens with zero attached hydrogens (tertiary/aromatic N) is 2. The topological polar surface area (TPSA) is 37.8 Å². The molecule has 2 fully saturated rings. The van der Waals surface area contributed by atoms with Gasteiger partial charge in [0.2, 0.25) is 5.92 Å². The number of hydrogen-bond acceptors (Lipinski definition) is 4. The van der Waals surface area contributed by atoms with Crippen molar-refractivity contribution < 1.29 is 8.78 Å². The Bertz CT molecular complexity index is 417. The molecule has 2 aliphatic rings. The standard InChI is InChI=1S/C12H17F2N3S/c13-12(14)5-3-8(7-12)11-17-16-10(18-11)4-6-15-9-1-2-9/h8-9,15H,1-7H2. The lowest BCUT2D eigenvalue weighted by atomic mass is 10.1. The molecule has 1 atom stereocenters. The molecule has 0 saturated heterocycles. The van der Waals surface area contributed by atoms with Gasteiger partial charge in [-0.15, -0.1) is 21.5 Å². The van der Waals surface area contributed by atoms with Crippen molar-refractivity contribution in [3.8, 4) is 0 Å². The molecule has 0 radical (unpaired) electrons. The van der Waals surface area contributed by atoms with Crippen molar-refractivity contribution in [2.45, 2.75) is 56.4 Å². The fourth-order valence-corrected chi connectivity index (χ4v) is 3.34. The molecule has 2 saturated carbocycles. The van der Waals surface area contributed by atoms with Crippen LogP contribution in [0.5, 0.6) is 0 Å². The molecule has 3 nitrogen and oxygen atoms in total. The predicted molar refractivity (Wildman–Crippen MR) is 66.2 cm³/mol. The number of halogens is 2. The maximum Gasteiger partial charge on any atom is 0.248 e. The van der Waals surface area contributed by atoms with E-state index < -0.39 is 5.92 Å². The van der Waals surface area contributed by atoms with E-state index in [-0.39, 0.29) is 18.8 Å². The number of hydrogen-bond donors (Lipinski definition) is 1. The zero-order chi connectivity index (χ0) is 12.6. The molecule has 100 valence electrons. The van der Waals surface area contributed by atoms with E-state index in [1.807, 2.05) is 0 Å². The zero-order valence-corrected chi connectivity index (χ0v) is 11.0. The van der Waals surface area contributed by atoms with Crippen LogP contribution in [0.25, 0.3) is 0 Å². The molecule has 0 bridgehead atoms. The third-order valence-corrected chi connectivity index (χ3v) is 4.73. The lowest BCUT2D eigenvalue weighted by molar-refractivity contribution is 0.00775. The minimum atomic E-state index is -2.50. The molecule has 0 amide bonds. The highest BCUT2D eigenvalue weighted by Crippen LogP contribution is 2.44. The van der Waals surface area contributed by atoms with E-state index in [4.69, 9.17) is 0 Å². The van der Waals surface area contributed by atoms with Gasteiger partial charge in [0.25, 0.3) is 0 Å². The molecule has 0 spiro atoms. The van der Waals surface area contributed by atoms with Crippen LogP contribution in [0, 0.1) is 0 Å². The van der Waals surface area contributed by atoms with Crippen LogP contribution in [0.4, 0.5) is 8.78 Å². The van der Waals surface area contributed by atoms with Gasteiger partial charge in [0, 0.05) is 37.8 Å². The summed E-state index contributed by atoms with van der Waals surface area (Å²) in [5.74, 6) is -2.58. The normalized spacial score (nSPS) is 26.7. The summed E-state index contributed by atoms with van der Waals surface area (Å²) < 4.78 is 26.3. The van der Waals surface area contributed by atoms with Crippen molar-refractivity contribution in [3.05, 3.63) is 10.0 Å². The van der Waals surface area contributed by atoms with Crippen molar-refractivity contribution in [3.63, 3.8) is 0 Å². The summed E-state index contributed by atoms with van der Waals surface area (Å²) in [7, 11) is 0. The Kier molecular flexibility index (Phi) is 3.32. The molecule has 0 aliphatic heterocycles. The van der Waals surface area contributed by atoms with Gasteiger partial charge in [-0.05, 0) is 19.3 Å². The average molecular weight is 273 g/mol. The summed E-state index contributed by atoms with van der Waals surface area (Å²) in [6, 6.07) is 0.700. The Hall–Kier alpha value is -0.620. The highest BCUT2D eigenvalue weighted by atomic mass is 32.1. The summed E-state index contributed by atoms with van der Waals surface area (Å²) in [4.78, 5) is 0. The molecule has 1 aromatic rings. The SMILES string of the molecule is FC1(F)CCC(c2nnc(CCNC3CC3)s2)C1. The number of alkyl halides is 2. The van der Waals surface area contributed by atoms with E-state index in [9.17, 15) is 8.78 Å². The van der Waals surface area contributed by atoms with Gasteiger partial charge in [-0.25, -0.2) is 8.78 Å². The largest absolute Gasteiger partial charge is 0.314 e. The fraction of sp³-hybridized carbons (Fsp3) is 0.833. The van der Waals surface area contributed by atoms with Gasteiger partial charge < -0.3 is 5.32 Å². The quantitative estimate of drug-likeness (QED) is 0.896. The van der Waals surface area contributed by atoms with Gasteiger partial charge in [0.05, 0.1) is 0 Å². The second kappa shape index (κ2) is 4.81. The zero-order valence-electron chi connectivity index (χ0n) is 10.2. The van der Waals surface area contributed by atoms with Crippen LogP contribution in [0.2, 0.25) is 0 Å². The Morgan fingerprint density at radius 2 is 2.11 bits per heavy atom. The minimum absolute atomic E-state index is 0.00415. The molecule has 1 heterocycles. The van der Waals surface area contributed by atoms with E-state index >= 15 is 0 Å². The van der Waals surface area contributed by atoms with E-state index in [1.165, 1.54) is 24.2 Å².